The van der Waals surface area contributed by atoms with Crippen LogP contribution in [0.2, 0.25) is 17.1 Å². The molecule has 0 atom stereocenters. The van der Waals surface area contributed by atoms with Gasteiger partial charge in [0.15, 0.2) is 0 Å². The minimum atomic E-state index is -1.30. The molecule has 0 nitrogen and oxygen atoms in total. The number of alkyl halides is 1. The van der Waals surface area contributed by atoms with Crippen LogP contribution in [0.25, 0.3) is 0 Å². The molecule has 0 amide bonds. The molecular formula is C11H14Cl2Si. The molecule has 0 unspecified atom stereocenters. The van der Waals surface area contributed by atoms with E-state index in [0.717, 1.165) is 10.5 Å². The molecule has 1 aromatic carbocycles. The van der Waals surface area contributed by atoms with Gasteiger partial charge in [-0.2, -0.15) is 0 Å². The first-order chi connectivity index (χ1) is 6.77. The summed E-state index contributed by atoms with van der Waals surface area (Å²) in [6.07, 6.45) is 2.73. The van der Waals surface area contributed by atoms with E-state index in [1.165, 1.54) is 30.1 Å². The third kappa shape index (κ3) is 1.86. The summed E-state index contributed by atoms with van der Waals surface area (Å²) >= 11 is 12.1. The van der Waals surface area contributed by atoms with Crippen molar-refractivity contribution in [1.82, 2.24) is 0 Å². The minimum Gasteiger partial charge on any atom is -0.130 e. The van der Waals surface area contributed by atoms with Gasteiger partial charge in [-0.25, -0.2) is 0 Å². The summed E-state index contributed by atoms with van der Waals surface area (Å²) in [5, 5.41) is 2.32. The maximum Gasteiger partial charge on any atom is 0.102 e. The average Bonchev–Trinajstić information content (AvgIpc) is 2.68. The molecule has 1 aliphatic rings. The summed E-state index contributed by atoms with van der Waals surface area (Å²) in [6.45, 7) is 0. The SMILES string of the molecule is ClC[Si]1(c2ccc(Cl)cc2)CCCC1. The predicted molar refractivity (Wildman–Crippen MR) is 66.4 cm³/mol. The molecule has 0 aromatic heterocycles. The Morgan fingerprint density at radius 3 is 2.14 bits per heavy atom. The highest BCUT2D eigenvalue weighted by Gasteiger charge is 2.37. The van der Waals surface area contributed by atoms with Crippen LogP contribution in [0.1, 0.15) is 12.8 Å². The molecule has 0 bridgehead atoms. The zero-order chi connectivity index (χ0) is 10.0. The van der Waals surface area contributed by atoms with Gasteiger partial charge in [0.2, 0.25) is 0 Å². The number of halogens is 2. The molecule has 1 fully saturated rings. The van der Waals surface area contributed by atoms with Crippen molar-refractivity contribution in [2.45, 2.75) is 24.9 Å². The van der Waals surface area contributed by atoms with Crippen molar-refractivity contribution in [3.05, 3.63) is 29.3 Å². The van der Waals surface area contributed by atoms with Crippen LogP contribution in [-0.4, -0.2) is 13.6 Å². The van der Waals surface area contributed by atoms with Crippen molar-refractivity contribution in [2.24, 2.45) is 0 Å². The quantitative estimate of drug-likeness (QED) is 0.552. The summed E-state index contributed by atoms with van der Waals surface area (Å²) in [5.74, 6) is 0. The topological polar surface area (TPSA) is 0 Å². The van der Waals surface area contributed by atoms with Gasteiger partial charge in [0.1, 0.15) is 8.07 Å². The van der Waals surface area contributed by atoms with Crippen molar-refractivity contribution in [3.63, 3.8) is 0 Å². The van der Waals surface area contributed by atoms with E-state index in [-0.39, 0.29) is 0 Å². The van der Waals surface area contributed by atoms with E-state index in [4.69, 9.17) is 23.2 Å². The normalized spacial score (nSPS) is 19.9. The first kappa shape index (κ1) is 10.5. The van der Waals surface area contributed by atoms with Crippen molar-refractivity contribution >= 4 is 36.5 Å². The second kappa shape index (κ2) is 4.26. The average molecular weight is 245 g/mol. The molecule has 0 spiro atoms. The molecule has 3 heteroatoms. The van der Waals surface area contributed by atoms with Crippen LogP contribution in [0.3, 0.4) is 0 Å². The van der Waals surface area contributed by atoms with Gasteiger partial charge in [0.05, 0.1) is 0 Å². The second-order valence-corrected chi connectivity index (χ2v) is 9.77. The van der Waals surface area contributed by atoms with Gasteiger partial charge in [-0.3, -0.25) is 0 Å². The number of hydrogen-bond acceptors (Lipinski definition) is 0. The van der Waals surface area contributed by atoms with Gasteiger partial charge in [0.25, 0.3) is 0 Å². The van der Waals surface area contributed by atoms with E-state index in [1.807, 2.05) is 12.1 Å². The molecule has 1 aliphatic heterocycles. The molecule has 76 valence electrons. The first-order valence-electron chi connectivity index (χ1n) is 5.09. The van der Waals surface area contributed by atoms with E-state index in [2.05, 4.69) is 12.1 Å². The van der Waals surface area contributed by atoms with Crippen molar-refractivity contribution in [3.8, 4) is 0 Å². The monoisotopic (exact) mass is 244 g/mol. The van der Waals surface area contributed by atoms with E-state index in [1.54, 1.807) is 0 Å². The molecule has 1 heterocycles. The lowest BCUT2D eigenvalue weighted by Gasteiger charge is -2.24. The Morgan fingerprint density at radius 2 is 1.64 bits per heavy atom. The van der Waals surface area contributed by atoms with Crippen molar-refractivity contribution in [1.29, 1.82) is 0 Å². The Balaban J connectivity index is 2.31. The van der Waals surface area contributed by atoms with Gasteiger partial charge < -0.3 is 0 Å². The summed E-state index contributed by atoms with van der Waals surface area (Å²) < 4.78 is 0. The fraction of sp³-hybridized carbons (Fsp3) is 0.455. The highest BCUT2D eigenvalue weighted by Crippen LogP contribution is 2.30. The Bertz CT molecular complexity index is 302. The van der Waals surface area contributed by atoms with Gasteiger partial charge in [0, 0.05) is 10.5 Å². The summed E-state index contributed by atoms with van der Waals surface area (Å²) in [5.41, 5.74) is 0.870. The molecule has 0 aliphatic carbocycles. The van der Waals surface area contributed by atoms with Crippen molar-refractivity contribution in [2.75, 3.05) is 5.50 Å². The Labute approximate surface area is 96.2 Å². The van der Waals surface area contributed by atoms with E-state index in [9.17, 15) is 0 Å². The largest absolute Gasteiger partial charge is 0.130 e. The lowest BCUT2D eigenvalue weighted by atomic mass is 10.4. The fourth-order valence-electron chi connectivity index (χ4n) is 2.35. The third-order valence-corrected chi connectivity index (χ3v) is 9.75. The number of hydrogen-bond donors (Lipinski definition) is 0. The minimum absolute atomic E-state index is 0.825. The predicted octanol–water partition coefficient (Wildman–Crippen LogP) is 3.57. The van der Waals surface area contributed by atoms with E-state index < -0.39 is 8.07 Å². The summed E-state index contributed by atoms with van der Waals surface area (Å²) in [7, 11) is -1.30. The standard InChI is InChI=1S/C11H14Cl2Si/c12-9-14(7-1-2-8-14)11-5-3-10(13)4-6-11/h3-6H,1-2,7-9H2. The smallest absolute Gasteiger partial charge is 0.102 e. The van der Waals surface area contributed by atoms with Crippen LogP contribution >= 0.6 is 23.2 Å². The Hall–Kier alpha value is 0.0169. The maximum absolute atomic E-state index is 6.17. The highest BCUT2D eigenvalue weighted by atomic mass is 35.5. The van der Waals surface area contributed by atoms with Crippen LogP contribution < -0.4 is 5.19 Å². The third-order valence-electron chi connectivity index (χ3n) is 3.27. The first-order valence-corrected chi connectivity index (χ1v) is 8.62. The van der Waals surface area contributed by atoms with E-state index in [0.29, 0.717) is 0 Å². The van der Waals surface area contributed by atoms with Crippen LogP contribution in [0.15, 0.2) is 24.3 Å². The van der Waals surface area contributed by atoms with Gasteiger partial charge in [-0.05, 0) is 12.1 Å². The zero-order valence-corrected chi connectivity index (χ0v) is 10.6. The molecule has 0 saturated carbocycles. The van der Waals surface area contributed by atoms with Gasteiger partial charge in [-0.15, -0.1) is 11.6 Å². The summed E-state index contributed by atoms with van der Waals surface area (Å²) in [6, 6.07) is 11.1. The van der Waals surface area contributed by atoms with Crippen LogP contribution in [0, 0.1) is 0 Å². The van der Waals surface area contributed by atoms with Crippen LogP contribution in [-0.2, 0) is 0 Å². The zero-order valence-electron chi connectivity index (χ0n) is 8.10. The van der Waals surface area contributed by atoms with E-state index >= 15 is 0 Å². The molecule has 1 aromatic rings. The molecule has 2 rings (SSSR count). The van der Waals surface area contributed by atoms with Gasteiger partial charge in [-0.1, -0.05) is 53.9 Å². The fourth-order valence-corrected chi connectivity index (χ4v) is 7.72. The number of benzene rings is 1. The molecule has 0 N–H and O–H groups in total. The summed E-state index contributed by atoms with van der Waals surface area (Å²) in [4.78, 5) is 0. The molecular weight excluding hydrogens is 231 g/mol. The van der Waals surface area contributed by atoms with Crippen LogP contribution in [0.4, 0.5) is 0 Å². The molecule has 0 radical (unpaired) electrons. The maximum atomic E-state index is 6.17. The lowest BCUT2D eigenvalue weighted by molar-refractivity contribution is 0.935. The number of rotatable bonds is 2. The second-order valence-electron chi connectivity index (χ2n) is 4.13. The van der Waals surface area contributed by atoms with Gasteiger partial charge >= 0.3 is 0 Å². The van der Waals surface area contributed by atoms with Crippen molar-refractivity contribution < 1.29 is 0 Å². The van der Waals surface area contributed by atoms with Crippen LogP contribution in [0.5, 0.6) is 0 Å². The Morgan fingerprint density at radius 1 is 1.07 bits per heavy atom. The molecule has 1 saturated heterocycles. The molecule has 14 heavy (non-hydrogen) atoms. The lowest BCUT2D eigenvalue weighted by Crippen LogP contribution is -2.47. The highest BCUT2D eigenvalue weighted by molar-refractivity contribution is 6.96. The Kier molecular flexibility index (Phi) is 3.20.